The molecule has 0 aliphatic rings. The van der Waals surface area contributed by atoms with Crippen molar-refractivity contribution in [3.8, 4) is 6.19 Å². The molecule has 104 valence electrons. The number of fused-ring (bicyclic) bond motifs is 1. The van der Waals surface area contributed by atoms with Crippen LogP contribution in [0.3, 0.4) is 0 Å². The molecule has 0 saturated heterocycles. The molecule has 2 aromatic rings. The molecule has 1 heterocycles. The molecule has 0 N–H and O–H groups in total. The van der Waals surface area contributed by atoms with E-state index < -0.39 is 0 Å². The molecule has 0 atom stereocenters. The van der Waals surface area contributed by atoms with Crippen LogP contribution in [0, 0.1) is 15.4 Å². The number of aromatic nitrogens is 1. The standard InChI is InChI=1S/C13H13N3S4/c1-2-7-18-12(15-8-14)19-9-16-10-5-3-4-6-11(10)20-13(16)17/h3-6H,2,7,9H2,1H3. The van der Waals surface area contributed by atoms with Crippen LogP contribution in [0.25, 0.3) is 10.2 Å². The van der Waals surface area contributed by atoms with Gasteiger partial charge in [-0.15, -0.1) is 11.3 Å². The Labute approximate surface area is 135 Å². The third-order valence-corrected chi connectivity index (χ3v) is 6.28. The van der Waals surface area contributed by atoms with Gasteiger partial charge in [0.15, 0.2) is 3.95 Å². The Bertz CT molecular complexity index is 708. The van der Waals surface area contributed by atoms with Crippen LogP contribution < -0.4 is 0 Å². The van der Waals surface area contributed by atoms with Crippen molar-refractivity contribution in [3.63, 3.8) is 0 Å². The molecule has 0 saturated carbocycles. The van der Waals surface area contributed by atoms with Gasteiger partial charge in [-0.3, -0.25) is 0 Å². The van der Waals surface area contributed by atoms with E-state index in [0.717, 1.165) is 26.0 Å². The van der Waals surface area contributed by atoms with Crippen LogP contribution in [0.15, 0.2) is 29.3 Å². The second kappa shape index (κ2) is 7.84. The number of thiazole rings is 1. The van der Waals surface area contributed by atoms with Crippen LogP contribution in [-0.4, -0.2) is 14.7 Å². The van der Waals surface area contributed by atoms with Gasteiger partial charge >= 0.3 is 0 Å². The predicted octanol–water partition coefficient (Wildman–Crippen LogP) is 5.10. The molecule has 7 heteroatoms. The van der Waals surface area contributed by atoms with Crippen LogP contribution in [0.2, 0.25) is 0 Å². The summed E-state index contributed by atoms with van der Waals surface area (Å²) >= 11 is 10.2. The van der Waals surface area contributed by atoms with Gasteiger partial charge in [-0.2, -0.15) is 10.3 Å². The highest BCUT2D eigenvalue weighted by Crippen LogP contribution is 2.27. The number of nitriles is 1. The van der Waals surface area contributed by atoms with Gasteiger partial charge in [0, 0.05) is 0 Å². The molecule has 0 unspecified atom stereocenters. The number of thioether (sulfide) groups is 2. The zero-order valence-electron chi connectivity index (χ0n) is 10.9. The Kier molecular flexibility index (Phi) is 6.10. The highest BCUT2D eigenvalue weighted by molar-refractivity contribution is 8.38. The van der Waals surface area contributed by atoms with Crippen molar-refractivity contribution in [2.24, 2.45) is 4.99 Å². The topological polar surface area (TPSA) is 41.1 Å². The normalized spacial score (nSPS) is 11.7. The number of hydrogen-bond acceptors (Lipinski definition) is 6. The molecule has 0 amide bonds. The van der Waals surface area contributed by atoms with Crippen LogP contribution in [-0.2, 0) is 5.88 Å². The Morgan fingerprint density at radius 2 is 2.25 bits per heavy atom. The fourth-order valence-corrected chi connectivity index (χ4v) is 4.92. The van der Waals surface area contributed by atoms with Crippen molar-refractivity contribution in [2.45, 2.75) is 19.2 Å². The smallest absolute Gasteiger partial charge is 0.207 e. The molecule has 1 aromatic heterocycles. The molecule has 0 fully saturated rings. The predicted molar refractivity (Wildman–Crippen MR) is 94.0 cm³/mol. The number of aliphatic imine (C=N–C) groups is 1. The third kappa shape index (κ3) is 3.85. The second-order valence-electron chi connectivity index (χ2n) is 3.86. The number of rotatable bonds is 4. The van der Waals surface area contributed by atoms with Crippen molar-refractivity contribution >= 4 is 61.7 Å². The van der Waals surface area contributed by atoms with Crippen molar-refractivity contribution < 1.29 is 0 Å². The zero-order valence-corrected chi connectivity index (χ0v) is 14.2. The molecule has 0 aliphatic carbocycles. The minimum Gasteiger partial charge on any atom is -0.313 e. The summed E-state index contributed by atoms with van der Waals surface area (Å²) in [5, 5.41) is 8.73. The van der Waals surface area contributed by atoms with E-state index in [9.17, 15) is 0 Å². The number of nitrogens with zero attached hydrogens (tertiary/aromatic N) is 3. The first-order valence-corrected chi connectivity index (χ1v) is 9.26. The Morgan fingerprint density at radius 3 is 3.00 bits per heavy atom. The first kappa shape index (κ1) is 15.6. The Hall–Kier alpha value is -0.810. The fourth-order valence-electron chi connectivity index (χ4n) is 1.59. The molecule has 0 radical (unpaired) electrons. The van der Waals surface area contributed by atoms with Gasteiger partial charge in [0.2, 0.25) is 6.19 Å². The average molecular weight is 340 g/mol. The van der Waals surface area contributed by atoms with E-state index in [1.807, 2.05) is 18.3 Å². The minimum atomic E-state index is 0.695. The maximum absolute atomic E-state index is 8.73. The van der Waals surface area contributed by atoms with Gasteiger partial charge in [0.05, 0.1) is 16.1 Å². The van der Waals surface area contributed by atoms with Crippen LogP contribution in [0.4, 0.5) is 0 Å². The maximum Gasteiger partial charge on any atom is 0.207 e. The largest absolute Gasteiger partial charge is 0.313 e. The van der Waals surface area contributed by atoms with Crippen LogP contribution in [0.1, 0.15) is 13.3 Å². The van der Waals surface area contributed by atoms with Crippen LogP contribution in [0.5, 0.6) is 0 Å². The lowest BCUT2D eigenvalue weighted by atomic mass is 10.3. The van der Waals surface area contributed by atoms with E-state index in [4.69, 9.17) is 17.5 Å². The highest BCUT2D eigenvalue weighted by atomic mass is 32.2. The third-order valence-electron chi connectivity index (χ3n) is 2.46. The summed E-state index contributed by atoms with van der Waals surface area (Å²) in [5.74, 6) is 1.67. The van der Waals surface area contributed by atoms with Crippen molar-refractivity contribution in [3.05, 3.63) is 28.2 Å². The number of hydrogen-bond donors (Lipinski definition) is 0. The molecule has 0 bridgehead atoms. The molecule has 20 heavy (non-hydrogen) atoms. The molecule has 3 nitrogen and oxygen atoms in total. The summed E-state index contributed by atoms with van der Waals surface area (Å²) < 4.78 is 4.96. The highest BCUT2D eigenvalue weighted by Gasteiger charge is 2.07. The molecule has 0 spiro atoms. The first-order valence-electron chi connectivity index (χ1n) is 6.07. The second-order valence-corrected chi connectivity index (χ2v) is 7.81. The molecular weight excluding hydrogens is 326 g/mol. The van der Waals surface area contributed by atoms with Gasteiger partial charge in [-0.1, -0.05) is 42.6 Å². The van der Waals surface area contributed by atoms with E-state index in [0.29, 0.717) is 5.88 Å². The lowest BCUT2D eigenvalue weighted by Crippen LogP contribution is -1.97. The number of para-hydroxylation sites is 1. The van der Waals surface area contributed by atoms with Crippen molar-refractivity contribution in [2.75, 3.05) is 5.75 Å². The minimum absolute atomic E-state index is 0.695. The van der Waals surface area contributed by atoms with Crippen molar-refractivity contribution in [1.29, 1.82) is 5.26 Å². The first-order chi connectivity index (χ1) is 9.76. The summed E-state index contributed by atoms with van der Waals surface area (Å²) in [6.45, 7) is 2.12. The average Bonchev–Trinajstić information content (AvgIpc) is 2.77. The van der Waals surface area contributed by atoms with Crippen molar-refractivity contribution in [1.82, 2.24) is 4.57 Å². The van der Waals surface area contributed by atoms with Gasteiger partial charge in [0.25, 0.3) is 0 Å². The summed E-state index contributed by atoms with van der Waals surface area (Å²) in [6, 6.07) is 8.18. The molecule has 0 aliphatic heterocycles. The van der Waals surface area contributed by atoms with E-state index in [1.54, 1.807) is 34.9 Å². The van der Waals surface area contributed by atoms with E-state index in [2.05, 4.69) is 28.6 Å². The Morgan fingerprint density at radius 1 is 1.45 bits per heavy atom. The van der Waals surface area contributed by atoms with Gasteiger partial charge in [-0.05, 0) is 36.5 Å². The fraction of sp³-hybridized carbons (Fsp3) is 0.308. The van der Waals surface area contributed by atoms with E-state index >= 15 is 0 Å². The molecule has 1 aromatic carbocycles. The zero-order chi connectivity index (χ0) is 14.4. The van der Waals surface area contributed by atoms with Gasteiger partial charge < -0.3 is 4.57 Å². The summed E-state index contributed by atoms with van der Waals surface area (Å²) in [7, 11) is 0. The van der Waals surface area contributed by atoms with E-state index in [1.165, 1.54) is 4.70 Å². The van der Waals surface area contributed by atoms with Gasteiger partial charge in [0.1, 0.15) is 4.38 Å². The molecular formula is C13H13N3S4. The Balaban J connectivity index is 2.16. The SMILES string of the molecule is CCCSC(=NC#N)SCn1c(=S)sc2ccccc21. The van der Waals surface area contributed by atoms with Gasteiger partial charge in [-0.25, -0.2) is 0 Å². The van der Waals surface area contributed by atoms with Crippen LogP contribution >= 0.6 is 47.1 Å². The lowest BCUT2D eigenvalue weighted by Gasteiger charge is -2.05. The maximum atomic E-state index is 8.73. The summed E-state index contributed by atoms with van der Waals surface area (Å²) in [4.78, 5) is 3.88. The molecule has 2 rings (SSSR count). The number of benzene rings is 1. The monoisotopic (exact) mass is 339 g/mol. The van der Waals surface area contributed by atoms with E-state index in [-0.39, 0.29) is 0 Å². The quantitative estimate of drug-likeness (QED) is 0.336. The summed E-state index contributed by atoms with van der Waals surface area (Å²) in [5.41, 5.74) is 1.15. The lowest BCUT2D eigenvalue weighted by molar-refractivity contribution is 0.941. The summed E-state index contributed by atoms with van der Waals surface area (Å²) in [6.07, 6.45) is 2.94.